The van der Waals surface area contributed by atoms with Gasteiger partial charge in [-0.3, -0.25) is 14.5 Å². The molecule has 8 nitrogen and oxygen atoms in total. The highest BCUT2D eigenvalue weighted by Gasteiger charge is 2.47. The molecule has 3 aromatic rings. The first-order chi connectivity index (χ1) is 18.8. The van der Waals surface area contributed by atoms with Gasteiger partial charge in [0, 0.05) is 11.3 Å². The zero-order valence-corrected chi connectivity index (χ0v) is 21.9. The first-order valence-electron chi connectivity index (χ1n) is 13.0. The van der Waals surface area contributed by atoms with Crippen molar-refractivity contribution in [1.82, 2.24) is 0 Å². The van der Waals surface area contributed by atoms with E-state index in [2.05, 4.69) is 6.92 Å². The average Bonchev–Trinajstić information content (AvgIpc) is 3.21. The summed E-state index contributed by atoms with van der Waals surface area (Å²) in [7, 11) is 0. The molecule has 1 amide bonds. The fourth-order valence-corrected chi connectivity index (χ4v) is 4.45. The molecule has 1 heterocycles. The van der Waals surface area contributed by atoms with Crippen LogP contribution in [0.15, 0.2) is 78.4 Å². The minimum absolute atomic E-state index is 0.0176. The van der Waals surface area contributed by atoms with Crippen molar-refractivity contribution >= 4 is 29.1 Å². The van der Waals surface area contributed by atoms with Crippen molar-refractivity contribution in [2.75, 3.05) is 18.1 Å². The number of aliphatic hydroxyl groups is 1. The smallest absolute Gasteiger partial charge is 0.338 e. The summed E-state index contributed by atoms with van der Waals surface area (Å²) < 4.78 is 10.8. The maximum Gasteiger partial charge on any atom is 0.338 e. The Kier molecular flexibility index (Phi) is 8.66. The van der Waals surface area contributed by atoms with Gasteiger partial charge in [-0.2, -0.15) is 0 Å². The van der Waals surface area contributed by atoms with Gasteiger partial charge in [0.25, 0.3) is 11.7 Å². The number of hydrogen-bond acceptors (Lipinski definition) is 7. The predicted octanol–water partition coefficient (Wildman–Crippen LogP) is 5.76. The Balaban J connectivity index is 1.73. The molecule has 2 N–H and O–H groups in total. The number of ketones is 1. The number of nitrogens with zero attached hydrogens (tertiary/aromatic N) is 1. The Morgan fingerprint density at radius 1 is 0.872 bits per heavy atom. The van der Waals surface area contributed by atoms with Crippen LogP contribution in [0.25, 0.3) is 5.76 Å². The van der Waals surface area contributed by atoms with Gasteiger partial charge in [-0.25, -0.2) is 4.79 Å². The van der Waals surface area contributed by atoms with Gasteiger partial charge in [0.1, 0.15) is 17.3 Å². The third-order valence-corrected chi connectivity index (χ3v) is 6.45. The largest absolute Gasteiger partial charge is 0.508 e. The number of rotatable bonds is 10. The number of esters is 1. The molecule has 0 bridgehead atoms. The predicted molar refractivity (Wildman–Crippen MR) is 147 cm³/mol. The van der Waals surface area contributed by atoms with Gasteiger partial charge in [-0.1, -0.05) is 31.9 Å². The van der Waals surface area contributed by atoms with Crippen molar-refractivity contribution < 1.29 is 34.1 Å². The van der Waals surface area contributed by atoms with E-state index in [0.717, 1.165) is 19.3 Å². The summed E-state index contributed by atoms with van der Waals surface area (Å²) in [6, 6.07) is 17.9. The molecule has 0 aliphatic carbocycles. The number of benzene rings is 3. The second-order valence-corrected chi connectivity index (χ2v) is 9.11. The Labute approximate surface area is 227 Å². The average molecular weight is 530 g/mol. The van der Waals surface area contributed by atoms with Crippen molar-refractivity contribution in [1.29, 1.82) is 0 Å². The molecule has 3 aromatic carbocycles. The molecule has 39 heavy (non-hydrogen) atoms. The molecular formula is C31H31NO7. The second-order valence-electron chi connectivity index (χ2n) is 9.11. The highest BCUT2D eigenvalue weighted by atomic mass is 16.5. The number of phenolic OH excluding ortho intramolecular Hbond substituents is 1. The maximum absolute atomic E-state index is 13.3. The zero-order valence-electron chi connectivity index (χ0n) is 21.9. The molecule has 0 saturated carbocycles. The van der Waals surface area contributed by atoms with Gasteiger partial charge in [0.05, 0.1) is 30.4 Å². The first-order valence-corrected chi connectivity index (χ1v) is 13.0. The van der Waals surface area contributed by atoms with Crippen LogP contribution >= 0.6 is 0 Å². The Morgan fingerprint density at radius 3 is 2.13 bits per heavy atom. The number of carbonyl (C=O) groups is 3. The van der Waals surface area contributed by atoms with E-state index < -0.39 is 23.7 Å². The van der Waals surface area contributed by atoms with Crippen LogP contribution in [0.5, 0.6) is 11.5 Å². The molecule has 1 unspecified atom stereocenters. The number of amides is 1. The van der Waals surface area contributed by atoms with E-state index in [1.165, 1.54) is 29.2 Å². The molecule has 1 aliphatic rings. The van der Waals surface area contributed by atoms with Gasteiger partial charge in [-0.05, 0) is 79.6 Å². The monoisotopic (exact) mass is 529 g/mol. The van der Waals surface area contributed by atoms with E-state index in [4.69, 9.17) is 9.47 Å². The number of anilines is 1. The van der Waals surface area contributed by atoms with Crippen LogP contribution in [0.3, 0.4) is 0 Å². The Hall–Kier alpha value is -4.59. The van der Waals surface area contributed by atoms with Gasteiger partial charge in [-0.15, -0.1) is 0 Å². The maximum atomic E-state index is 13.3. The second kappa shape index (κ2) is 12.3. The SMILES string of the molecule is CCCCCOc1ccc(/C(O)=C2\C(=O)C(=O)N(c3ccc(C(=O)OCC)cc3)C2c2ccc(O)cc2)cc1. The standard InChI is InChI=1S/C31H31NO7/c1-3-5-6-19-39-25-17-11-21(12-18-25)28(34)26-27(20-9-15-24(33)16-10-20)32(30(36)29(26)35)23-13-7-22(8-14-23)31(37)38-4-2/h7-18,27,33-34H,3-6,19H2,1-2H3/b28-26+. The lowest BCUT2D eigenvalue weighted by Gasteiger charge is -2.25. The Bertz CT molecular complexity index is 1360. The van der Waals surface area contributed by atoms with Gasteiger partial charge in [0.15, 0.2) is 0 Å². The summed E-state index contributed by atoms with van der Waals surface area (Å²) in [5.74, 6) is -1.84. The molecule has 1 aliphatic heterocycles. The minimum Gasteiger partial charge on any atom is -0.508 e. The number of hydrogen-bond donors (Lipinski definition) is 2. The highest BCUT2D eigenvalue weighted by molar-refractivity contribution is 6.51. The van der Waals surface area contributed by atoms with Gasteiger partial charge < -0.3 is 19.7 Å². The first kappa shape index (κ1) is 27.4. The van der Waals surface area contributed by atoms with Crippen LogP contribution in [0, 0.1) is 0 Å². The molecule has 1 atom stereocenters. The summed E-state index contributed by atoms with van der Waals surface area (Å²) in [5, 5.41) is 21.1. The summed E-state index contributed by atoms with van der Waals surface area (Å²) in [6.07, 6.45) is 3.10. The lowest BCUT2D eigenvalue weighted by Crippen LogP contribution is -2.29. The quantitative estimate of drug-likeness (QED) is 0.113. The number of Topliss-reactive ketones (excluding diaryl/α,β-unsaturated/α-hetero) is 1. The van der Waals surface area contributed by atoms with E-state index >= 15 is 0 Å². The van der Waals surface area contributed by atoms with Crippen molar-refractivity contribution in [3.63, 3.8) is 0 Å². The lowest BCUT2D eigenvalue weighted by molar-refractivity contribution is -0.132. The van der Waals surface area contributed by atoms with Crippen LogP contribution in [-0.2, 0) is 14.3 Å². The number of aliphatic hydroxyl groups excluding tert-OH is 1. The molecule has 1 fully saturated rings. The normalized spacial score (nSPS) is 16.4. The summed E-state index contributed by atoms with van der Waals surface area (Å²) >= 11 is 0. The van der Waals surface area contributed by atoms with Crippen molar-refractivity contribution in [2.24, 2.45) is 0 Å². The van der Waals surface area contributed by atoms with Crippen LogP contribution in [-0.4, -0.2) is 41.1 Å². The Morgan fingerprint density at radius 2 is 1.51 bits per heavy atom. The number of aromatic hydroxyl groups is 1. The van der Waals surface area contributed by atoms with Crippen molar-refractivity contribution in [2.45, 2.75) is 39.2 Å². The van der Waals surface area contributed by atoms with Gasteiger partial charge >= 0.3 is 5.97 Å². The lowest BCUT2D eigenvalue weighted by atomic mass is 9.95. The van der Waals surface area contributed by atoms with Crippen LogP contribution in [0.1, 0.15) is 60.6 Å². The molecule has 0 aromatic heterocycles. The summed E-state index contributed by atoms with van der Waals surface area (Å²) in [5.41, 5.74) is 1.44. The number of phenols is 1. The van der Waals surface area contributed by atoms with Crippen LogP contribution in [0.4, 0.5) is 5.69 Å². The number of ether oxygens (including phenoxy) is 2. The fraction of sp³-hybridized carbons (Fsp3) is 0.258. The van der Waals surface area contributed by atoms with Crippen LogP contribution < -0.4 is 9.64 Å². The molecule has 8 heteroatoms. The van der Waals surface area contributed by atoms with Crippen molar-refractivity contribution in [3.8, 4) is 11.5 Å². The van der Waals surface area contributed by atoms with E-state index in [0.29, 0.717) is 34.7 Å². The molecule has 0 radical (unpaired) electrons. The zero-order chi connectivity index (χ0) is 27.9. The molecule has 202 valence electrons. The summed E-state index contributed by atoms with van der Waals surface area (Å²) in [4.78, 5) is 40.0. The van der Waals surface area contributed by atoms with Crippen LogP contribution in [0.2, 0.25) is 0 Å². The summed E-state index contributed by atoms with van der Waals surface area (Å²) in [6.45, 7) is 4.63. The third-order valence-electron chi connectivity index (χ3n) is 6.45. The number of carbonyl (C=O) groups excluding carboxylic acids is 3. The molecule has 4 rings (SSSR count). The minimum atomic E-state index is -0.969. The fourth-order valence-electron chi connectivity index (χ4n) is 4.45. The van der Waals surface area contributed by atoms with E-state index in [1.54, 1.807) is 55.5 Å². The highest BCUT2D eigenvalue weighted by Crippen LogP contribution is 2.42. The number of unbranched alkanes of at least 4 members (excludes halogenated alkanes) is 2. The topological polar surface area (TPSA) is 113 Å². The van der Waals surface area contributed by atoms with E-state index in [1.807, 2.05) is 0 Å². The van der Waals surface area contributed by atoms with E-state index in [-0.39, 0.29) is 23.7 Å². The molecule has 0 spiro atoms. The van der Waals surface area contributed by atoms with Gasteiger partial charge in [0.2, 0.25) is 0 Å². The molecule has 1 saturated heterocycles. The molecular weight excluding hydrogens is 498 g/mol. The van der Waals surface area contributed by atoms with Crippen molar-refractivity contribution in [3.05, 3.63) is 95.1 Å². The van der Waals surface area contributed by atoms with E-state index in [9.17, 15) is 24.6 Å². The third kappa shape index (κ3) is 5.95.